The number of allylic oxidation sites excluding steroid dienone is 4. The summed E-state index contributed by atoms with van der Waals surface area (Å²) >= 11 is 0. The van der Waals surface area contributed by atoms with Crippen molar-refractivity contribution in [2.75, 3.05) is 0 Å². The molecule has 1 rings (SSSR count). The zero-order valence-corrected chi connectivity index (χ0v) is 11.6. The molecule has 0 aromatic heterocycles. The van der Waals surface area contributed by atoms with E-state index in [-0.39, 0.29) is 40.6 Å². The van der Waals surface area contributed by atoms with Gasteiger partial charge in [0, 0.05) is 10.2 Å². The van der Waals surface area contributed by atoms with Crippen molar-refractivity contribution in [2.24, 2.45) is 0 Å². The van der Waals surface area contributed by atoms with Crippen molar-refractivity contribution >= 4 is 10.2 Å². The second-order valence-corrected chi connectivity index (χ2v) is 4.49. The molecule has 0 atom stereocenters. The molecular formula is C9H18Li2Si. The van der Waals surface area contributed by atoms with Crippen LogP contribution in [-0.4, -0.2) is 10.2 Å². The van der Waals surface area contributed by atoms with Crippen LogP contribution < -0.4 is 37.7 Å². The predicted octanol–water partition coefficient (Wildman–Crippen LogP) is -3.94. The molecule has 12 heavy (non-hydrogen) atoms. The summed E-state index contributed by atoms with van der Waals surface area (Å²) in [5.74, 6) is 0. The third-order valence-corrected chi connectivity index (χ3v) is 4.78. The fraction of sp³-hybridized carbons (Fsp3) is 0.556. The molecule has 0 N–H and O–H groups in total. The van der Waals surface area contributed by atoms with E-state index < -0.39 is 0 Å². The first-order valence-corrected chi connectivity index (χ1v) is 5.06. The van der Waals surface area contributed by atoms with Crippen LogP contribution in [0.1, 0.15) is 30.5 Å². The van der Waals surface area contributed by atoms with Crippen molar-refractivity contribution in [3.8, 4) is 0 Å². The summed E-state index contributed by atoms with van der Waals surface area (Å²) < 4.78 is 0. The Morgan fingerprint density at radius 3 is 1.25 bits per heavy atom. The van der Waals surface area contributed by atoms with Gasteiger partial charge in [-0.05, 0) is 44.4 Å². The van der Waals surface area contributed by atoms with E-state index in [9.17, 15) is 0 Å². The summed E-state index contributed by atoms with van der Waals surface area (Å²) in [5, 5.41) is 0. The fourth-order valence-corrected chi connectivity index (χ4v) is 2.43. The molecule has 0 aliphatic heterocycles. The van der Waals surface area contributed by atoms with Gasteiger partial charge in [-0.1, -0.05) is 11.1 Å². The van der Waals surface area contributed by atoms with Crippen molar-refractivity contribution in [1.29, 1.82) is 0 Å². The van der Waals surface area contributed by atoms with Gasteiger partial charge in [0.25, 0.3) is 0 Å². The SMILES string of the molecule is CC1=C(C)C([SiH3])C(C)=C1C.[H-].[H-].[Li+].[Li+]. The fourth-order valence-electron chi connectivity index (χ4n) is 1.57. The van der Waals surface area contributed by atoms with Gasteiger partial charge in [0.2, 0.25) is 0 Å². The van der Waals surface area contributed by atoms with Gasteiger partial charge in [-0.3, -0.25) is 0 Å². The molecule has 0 nitrogen and oxygen atoms in total. The molecule has 3 heteroatoms. The Hall–Kier alpha value is 0.892. The Kier molecular flexibility index (Phi) is 7.15. The van der Waals surface area contributed by atoms with Crippen molar-refractivity contribution in [3.05, 3.63) is 22.3 Å². The minimum absolute atomic E-state index is 0. The van der Waals surface area contributed by atoms with Crippen LogP contribution in [0.3, 0.4) is 0 Å². The number of hydrogen-bond acceptors (Lipinski definition) is 0. The predicted molar refractivity (Wildman–Crippen MR) is 52.7 cm³/mol. The van der Waals surface area contributed by atoms with Crippen LogP contribution in [-0.2, 0) is 0 Å². The molecule has 0 radical (unpaired) electrons. The molecule has 0 saturated carbocycles. The van der Waals surface area contributed by atoms with Gasteiger partial charge in [0.15, 0.2) is 0 Å². The van der Waals surface area contributed by atoms with E-state index in [1.165, 1.54) is 21.4 Å². The van der Waals surface area contributed by atoms with Gasteiger partial charge in [0.1, 0.15) is 0 Å². The largest absolute Gasteiger partial charge is 1.00 e. The zero-order valence-electron chi connectivity index (χ0n) is 11.6. The topological polar surface area (TPSA) is 0 Å². The van der Waals surface area contributed by atoms with E-state index >= 15 is 0 Å². The maximum Gasteiger partial charge on any atom is 1.00 e. The summed E-state index contributed by atoms with van der Waals surface area (Å²) in [7, 11) is 1.28. The Labute approximate surface area is 106 Å². The van der Waals surface area contributed by atoms with Gasteiger partial charge in [-0.2, -0.15) is 0 Å². The van der Waals surface area contributed by atoms with Gasteiger partial charge in [-0.25, -0.2) is 0 Å². The maximum atomic E-state index is 2.27. The zero-order chi connectivity index (χ0) is 7.89. The first-order chi connectivity index (χ1) is 4.55. The van der Waals surface area contributed by atoms with Gasteiger partial charge < -0.3 is 2.85 Å². The van der Waals surface area contributed by atoms with Gasteiger partial charge >= 0.3 is 37.7 Å². The van der Waals surface area contributed by atoms with Crippen LogP contribution in [0.2, 0.25) is 5.54 Å². The molecule has 0 aromatic rings. The van der Waals surface area contributed by atoms with Crippen LogP contribution in [0.4, 0.5) is 0 Å². The minimum Gasteiger partial charge on any atom is -1.00 e. The summed E-state index contributed by atoms with van der Waals surface area (Å²) in [6, 6.07) is 0. The molecule has 0 bridgehead atoms. The Morgan fingerprint density at radius 2 is 1.17 bits per heavy atom. The smallest absolute Gasteiger partial charge is 1.00 e. The second-order valence-electron chi connectivity index (χ2n) is 3.34. The molecule has 1 aliphatic rings. The molecule has 0 heterocycles. The van der Waals surface area contributed by atoms with Crippen LogP contribution >= 0.6 is 0 Å². The van der Waals surface area contributed by atoms with E-state index in [1.54, 1.807) is 11.1 Å². The van der Waals surface area contributed by atoms with Crippen LogP contribution in [0.15, 0.2) is 22.3 Å². The van der Waals surface area contributed by atoms with E-state index in [4.69, 9.17) is 0 Å². The van der Waals surface area contributed by atoms with Gasteiger partial charge in [0.05, 0.1) is 0 Å². The van der Waals surface area contributed by atoms with Crippen LogP contribution in [0.25, 0.3) is 0 Å². The molecule has 0 aromatic carbocycles. The second kappa shape index (κ2) is 5.59. The van der Waals surface area contributed by atoms with Crippen molar-refractivity contribution in [3.63, 3.8) is 0 Å². The van der Waals surface area contributed by atoms with Crippen molar-refractivity contribution < 1.29 is 40.6 Å². The number of hydrogen-bond donors (Lipinski definition) is 0. The Balaban J connectivity index is -0.000000125. The van der Waals surface area contributed by atoms with Crippen LogP contribution in [0, 0.1) is 0 Å². The summed E-state index contributed by atoms with van der Waals surface area (Å²) in [5.41, 5.74) is 7.14. The van der Waals surface area contributed by atoms with E-state index in [0.29, 0.717) is 0 Å². The molecule has 0 saturated heterocycles. The average Bonchev–Trinajstić information content (AvgIpc) is 2.07. The molecule has 0 spiro atoms. The normalized spacial score (nSPS) is 18.0. The first kappa shape index (κ1) is 15.4. The maximum absolute atomic E-state index is 2.27. The third kappa shape index (κ3) is 2.44. The molecule has 0 fully saturated rings. The molecule has 0 unspecified atom stereocenters. The standard InChI is InChI=1S/C9H16Si.2Li.2H/c1-5-6(2)8(4)9(10)7(5)3;;;;/h9H,1-4,10H3;;;;/q;2*+1;2*-1. The average molecular weight is 168 g/mol. The van der Waals surface area contributed by atoms with Crippen molar-refractivity contribution in [2.45, 2.75) is 33.2 Å². The molecule has 1 aliphatic carbocycles. The number of rotatable bonds is 0. The van der Waals surface area contributed by atoms with Crippen molar-refractivity contribution in [1.82, 2.24) is 0 Å². The van der Waals surface area contributed by atoms with E-state index in [0.717, 1.165) is 5.54 Å². The van der Waals surface area contributed by atoms with Crippen LogP contribution in [0.5, 0.6) is 0 Å². The summed E-state index contributed by atoms with van der Waals surface area (Å²) in [4.78, 5) is 0. The Bertz CT molecular complexity index is 213. The minimum atomic E-state index is 0. The Morgan fingerprint density at radius 1 is 0.917 bits per heavy atom. The van der Waals surface area contributed by atoms with E-state index in [1.807, 2.05) is 0 Å². The monoisotopic (exact) mass is 168 g/mol. The summed E-state index contributed by atoms with van der Waals surface area (Å²) in [6.07, 6.45) is 0. The van der Waals surface area contributed by atoms with E-state index in [2.05, 4.69) is 27.7 Å². The first-order valence-electron chi connectivity index (χ1n) is 3.90. The molecule has 0 amide bonds. The summed E-state index contributed by atoms with van der Waals surface area (Å²) in [6.45, 7) is 9.03. The quantitative estimate of drug-likeness (QED) is 0.324. The third-order valence-electron chi connectivity index (χ3n) is 3.04. The molecular weight excluding hydrogens is 150 g/mol. The van der Waals surface area contributed by atoms with Gasteiger partial charge in [-0.15, -0.1) is 0 Å². The molecule has 60 valence electrons.